The highest BCUT2D eigenvalue weighted by molar-refractivity contribution is 6.31. The van der Waals surface area contributed by atoms with E-state index in [1.54, 1.807) is 6.20 Å². The minimum absolute atomic E-state index is 0.611. The molecule has 7 nitrogen and oxygen atoms in total. The second kappa shape index (κ2) is 7.72. The van der Waals surface area contributed by atoms with Crippen molar-refractivity contribution >= 4 is 34.1 Å². The van der Waals surface area contributed by atoms with Crippen LogP contribution in [0, 0.1) is 6.92 Å². The summed E-state index contributed by atoms with van der Waals surface area (Å²) in [4.78, 5) is 14.6. The smallest absolute Gasteiger partial charge is 0.157 e. The maximum Gasteiger partial charge on any atom is 0.157 e. The van der Waals surface area contributed by atoms with Crippen LogP contribution in [0.2, 0.25) is 5.02 Å². The van der Waals surface area contributed by atoms with E-state index >= 15 is 0 Å². The van der Waals surface area contributed by atoms with E-state index in [4.69, 9.17) is 22.1 Å². The normalized spacial score (nSPS) is 15.3. The number of aromatic nitrogens is 3. The van der Waals surface area contributed by atoms with Gasteiger partial charge in [0.05, 0.1) is 29.6 Å². The van der Waals surface area contributed by atoms with Crippen molar-refractivity contribution < 1.29 is 4.74 Å². The number of rotatable bonds is 5. The molecule has 142 valence electrons. The first-order valence-corrected chi connectivity index (χ1v) is 9.44. The van der Waals surface area contributed by atoms with Gasteiger partial charge in [-0.15, -0.1) is 0 Å². The van der Waals surface area contributed by atoms with Gasteiger partial charge in [-0.1, -0.05) is 11.6 Å². The number of morpholine rings is 1. The van der Waals surface area contributed by atoms with Crippen molar-refractivity contribution in [2.75, 3.05) is 50.4 Å². The predicted octanol–water partition coefficient (Wildman–Crippen LogP) is 2.91. The van der Waals surface area contributed by atoms with Gasteiger partial charge in [0, 0.05) is 37.9 Å². The Morgan fingerprint density at radius 3 is 2.93 bits per heavy atom. The first-order valence-electron chi connectivity index (χ1n) is 9.06. The van der Waals surface area contributed by atoms with E-state index in [2.05, 4.69) is 25.2 Å². The minimum Gasteiger partial charge on any atom is -0.397 e. The fourth-order valence-electron chi connectivity index (χ4n) is 3.23. The van der Waals surface area contributed by atoms with Gasteiger partial charge >= 0.3 is 0 Å². The lowest BCUT2D eigenvalue weighted by Gasteiger charge is -2.26. The van der Waals surface area contributed by atoms with Crippen molar-refractivity contribution in [3.63, 3.8) is 0 Å². The fraction of sp³-hybridized carbons (Fsp3) is 0.368. The third-order valence-electron chi connectivity index (χ3n) is 4.88. The molecule has 4 rings (SSSR count). The number of benzene rings is 1. The minimum atomic E-state index is 0.611. The van der Waals surface area contributed by atoms with Crippen LogP contribution in [-0.2, 0) is 4.74 Å². The zero-order valence-electron chi connectivity index (χ0n) is 15.3. The van der Waals surface area contributed by atoms with Crippen LogP contribution in [0.3, 0.4) is 0 Å². The van der Waals surface area contributed by atoms with Crippen molar-refractivity contribution in [2.24, 2.45) is 0 Å². The second-order valence-corrected chi connectivity index (χ2v) is 7.10. The highest BCUT2D eigenvalue weighted by Crippen LogP contribution is 2.28. The van der Waals surface area contributed by atoms with Crippen molar-refractivity contribution in [1.29, 1.82) is 0 Å². The van der Waals surface area contributed by atoms with Crippen molar-refractivity contribution in [3.8, 4) is 11.4 Å². The molecule has 0 bridgehead atoms. The number of ether oxygens (including phenoxy) is 1. The third-order valence-corrected chi connectivity index (χ3v) is 5.26. The summed E-state index contributed by atoms with van der Waals surface area (Å²) in [6, 6.07) is 5.91. The average Bonchev–Trinajstić information content (AvgIpc) is 3.12. The number of H-pyrrole nitrogens is 1. The molecule has 0 unspecified atom stereocenters. The van der Waals surface area contributed by atoms with Crippen LogP contribution in [0.25, 0.3) is 22.6 Å². The summed E-state index contributed by atoms with van der Waals surface area (Å²) in [6.07, 6.45) is 1.64. The molecule has 27 heavy (non-hydrogen) atoms. The lowest BCUT2D eigenvalue weighted by Crippen LogP contribution is -2.39. The summed E-state index contributed by atoms with van der Waals surface area (Å²) < 4.78 is 5.37. The predicted molar refractivity (Wildman–Crippen MR) is 109 cm³/mol. The van der Waals surface area contributed by atoms with Crippen LogP contribution in [0.5, 0.6) is 0 Å². The van der Waals surface area contributed by atoms with Crippen LogP contribution in [0.1, 0.15) is 5.56 Å². The van der Waals surface area contributed by atoms with Gasteiger partial charge in [-0.3, -0.25) is 4.90 Å². The summed E-state index contributed by atoms with van der Waals surface area (Å²) in [5, 5.41) is 4.03. The zero-order valence-corrected chi connectivity index (χ0v) is 16.0. The molecule has 3 aromatic rings. The van der Waals surface area contributed by atoms with E-state index in [1.165, 1.54) is 0 Å². The molecule has 0 aliphatic carbocycles. The molecule has 1 saturated heterocycles. The molecule has 4 N–H and O–H groups in total. The van der Waals surface area contributed by atoms with Gasteiger partial charge in [0.25, 0.3) is 0 Å². The third kappa shape index (κ3) is 3.85. The number of imidazole rings is 1. The standard InChI is InChI=1S/C19H23ClN6O/c1-12-14(20)11-23-19-17(12)24-18(25-19)13-2-3-16(15(21)10-13)22-4-5-26-6-8-27-9-7-26/h2-3,10-11,22H,4-9,21H2,1H3,(H,23,24,25). The fourth-order valence-corrected chi connectivity index (χ4v) is 3.37. The number of nitrogens with zero attached hydrogens (tertiary/aromatic N) is 3. The molecule has 1 aliphatic heterocycles. The Morgan fingerprint density at radius 2 is 2.15 bits per heavy atom. The first-order chi connectivity index (χ1) is 13.1. The number of aryl methyl sites for hydroxylation is 1. The van der Waals surface area contributed by atoms with Crippen LogP contribution < -0.4 is 11.1 Å². The Kier molecular flexibility index (Phi) is 5.15. The number of hydrogen-bond donors (Lipinski definition) is 3. The molecule has 0 spiro atoms. The largest absolute Gasteiger partial charge is 0.397 e. The number of pyridine rings is 1. The molecule has 3 heterocycles. The number of aromatic amines is 1. The van der Waals surface area contributed by atoms with Gasteiger partial charge in [0.2, 0.25) is 0 Å². The first kappa shape index (κ1) is 18.0. The van der Waals surface area contributed by atoms with Crippen molar-refractivity contribution in [2.45, 2.75) is 6.92 Å². The Balaban J connectivity index is 1.47. The summed E-state index contributed by atoms with van der Waals surface area (Å²) in [5.41, 5.74) is 11.2. The summed E-state index contributed by atoms with van der Waals surface area (Å²) in [6.45, 7) is 7.35. The molecule has 8 heteroatoms. The van der Waals surface area contributed by atoms with Gasteiger partial charge < -0.3 is 20.8 Å². The van der Waals surface area contributed by atoms with E-state index in [0.29, 0.717) is 10.7 Å². The average molecular weight is 387 g/mol. The number of nitrogens with one attached hydrogen (secondary N) is 2. The van der Waals surface area contributed by atoms with E-state index in [1.807, 2.05) is 25.1 Å². The SMILES string of the molecule is Cc1c(Cl)cnc2[nH]c(-c3ccc(NCCN4CCOCC4)c(N)c3)nc12. The lowest BCUT2D eigenvalue weighted by molar-refractivity contribution is 0.0398. The lowest BCUT2D eigenvalue weighted by atomic mass is 10.1. The van der Waals surface area contributed by atoms with E-state index < -0.39 is 0 Å². The second-order valence-electron chi connectivity index (χ2n) is 6.70. The quantitative estimate of drug-likeness (QED) is 0.584. The van der Waals surface area contributed by atoms with Gasteiger partial charge in [0.15, 0.2) is 5.65 Å². The van der Waals surface area contributed by atoms with Crippen molar-refractivity contribution in [3.05, 3.63) is 35.0 Å². The molecular formula is C19H23ClN6O. The molecule has 1 aromatic carbocycles. The van der Waals surface area contributed by atoms with Crippen LogP contribution in [-0.4, -0.2) is 59.2 Å². The summed E-state index contributed by atoms with van der Waals surface area (Å²) in [5.74, 6) is 0.731. The molecule has 0 radical (unpaired) electrons. The number of hydrogen-bond acceptors (Lipinski definition) is 6. The molecule has 0 saturated carbocycles. The number of anilines is 2. The van der Waals surface area contributed by atoms with Gasteiger partial charge in [-0.2, -0.15) is 0 Å². The van der Waals surface area contributed by atoms with Crippen LogP contribution >= 0.6 is 11.6 Å². The molecule has 0 amide bonds. The topological polar surface area (TPSA) is 92.1 Å². The maximum absolute atomic E-state index is 6.25. The van der Waals surface area contributed by atoms with Crippen molar-refractivity contribution in [1.82, 2.24) is 19.9 Å². The monoisotopic (exact) mass is 386 g/mol. The van der Waals surface area contributed by atoms with E-state index in [-0.39, 0.29) is 0 Å². The van der Waals surface area contributed by atoms with Gasteiger partial charge in [-0.05, 0) is 30.7 Å². The summed E-state index contributed by atoms with van der Waals surface area (Å²) >= 11 is 6.14. The number of fused-ring (bicyclic) bond motifs is 1. The Hall–Kier alpha value is -2.35. The highest BCUT2D eigenvalue weighted by atomic mass is 35.5. The van der Waals surface area contributed by atoms with Gasteiger partial charge in [0.1, 0.15) is 11.3 Å². The van der Waals surface area contributed by atoms with E-state index in [0.717, 1.165) is 73.2 Å². The Morgan fingerprint density at radius 1 is 1.33 bits per heavy atom. The molecule has 1 aliphatic rings. The number of nitrogen functional groups attached to an aromatic ring is 1. The molecule has 0 atom stereocenters. The maximum atomic E-state index is 6.25. The van der Waals surface area contributed by atoms with Crippen LogP contribution in [0.15, 0.2) is 24.4 Å². The Bertz CT molecular complexity index is 951. The molecular weight excluding hydrogens is 364 g/mol. The highest BCUT2D eigenvalue weighted by Gasteiger charge is 2.12. The molecule has 1 fully saturated rings. The number of nitrogens with two attached hydrogens (primary N) is 1. The summed E-state index contributed by atoms with van der Waals surface area (Å²) in [7, 11) is 0. The Labute approximate surface area is 162 Å². The number of halogens is 1. The van der Waals surface area contributed by atoms with Gasteiger partial charge in [-0.25, -0.2) is 9.97 Å². The van der Waals surface area contributed by atoms with E-state index in [9.17, 15) is 0 Å². The molecule has 2 aromatic heterocycles. The zero-order chi connectivity index (χ0) is 18.8. The van der Waals surface area contributed by atoms with Crippen LogP contribution in [0.4, 0.5) is 11.4 Å².